The van der Waals surface area contributed by atoms with Crippen molar-refractivity contribution in [1.82, 2.24) is 15.1 Å². The van der Waals surface area contributed by atoms with Crippen molar-refractivity contribution in [2.45, 2.75) is 98.6 Å². The van der Waals surface area contributed by atoms with Crippen molar-refractivity contribution in [1.29, 1.82) is 0 Å². The Morgan fingerprint density at radius 2 is 2.03 bits per heavy atom. The third-order valence-corrected chi connectivity index (χ3v) is 8.56. The second-order valence-corrected chi connectivity index (χ2v) is 11.6. The highest BCUT2D eigenvalue weighted by molar-refractivity contribution is 7.16. The maximum atomic E-state index is 13.5. The second kappa shape index (κ2) is 9.50. The summed E-state index contributed by atoms with van der Waals surface area (Å²) in [5.41, 5.74) is 4.49. The van der Waals surface area contributed by atoms with E-state index in [0.29, 0.717) is 12.0 Å². The van der Waals surface area contributed by atoms with E-state index in [1.165, 1.54) is 29.7 Å². The van der Waals surface area contributed by atoms with Crippen LogP contribution in [0.25, 0.3) is 0 Å². The molecule has 1 amide bonds. The quantitative estimate of drug-likeness (QED) is 0.544. The smallest absolute Gasteiger partial charge is 0.254 e. The first-order valence-corrected chi connectivity index (χ1v) is 13.1. The van der Waals surface area contributed by atoms with E-state index < -0.39 is 0 Å². The molecule has 0 saturated heterocycles. The van der Waals surface area contributed by atoms with E-state index in [4.69, 9.17) is 4.99 Å². The summed E-state index contributed by atoms with van der Waals surface area (Å²) in [6, 6.07) is 0.305. The standard InChI is InChI=1S/C26H38N4OS/c1-6-30-17(2)18(16-28-30)15-27-25-23(24(31)29-20-10-8-7-9-11-20)21-13-12-19(26(3,4)5)14-22(21)32-25/h15-16,19-20H,6-14H2,1-5H3,(H,29,31). The zero-order valence-electron chi connectivity index (χ0n) is 20.3. The van der Waals surface area contributed by atoms with E-state index in [-0.39, 0.29) is 11.3 Å². The van der Waals surface area contributed by atoms with Gasteiger partial charge in [0.1, 0.15) is 5.00 Å². The van der Waals surface area contributed by atoms with Gasteiger partial charge >= 0.3 is 0 Å². The summed E-state index contributed by atoms with van der Waals surface area (Å²) in [7, 11) is 0. The average molecular weight is 455 g/mol. The molecule has 0 radical (unpaired) electrons. The number of nitrogens with zero attached hydrogens (tertiary/aromatic N) is 3. The summed E-state index contributed by atoms with van der Waals surface area (Å²) in [6.07, 6.45) is 12.8. The number of fused-ring (bicyclic) bond motifs is 1. The van der Waals surface area contributed by atoms with Crippen molar-refractivity contribution in [2.24, 2.45) is 16.3 Å². The molecule has 2 aliphatic rings. The van der Waals surface area contributed by atoms with E-state index in [2.05, 4.69) is 45.0 Å². The molecule has 1 saturated carbocycles. The number of hydrogen-bond acceptors (Lipinski definition) is 4. The molecule has 2 heterocycles. The van der Waals surface area contributed by atoms with Crippen molar-refractivity contribution in [2.75, 3.05) is 0 Å². The van der Waals surface area contributed by atoms with Gasteiger partial charge in [0.2, 0.25) is 0 Å². The number of carbonyl (C=O) groups excluding carboxylic acids is 1. The van der Waals surface area contributed by atoms with E-state index in [0.717, 1.165) is 60.5 Å². The number of nitrogens with one attached hydrogen (secondary N) is 1. The van der Waals surface area contributed by atoms with Crippen molar-refractivity contribution < 1.29 is 4.79 Å². The molecule has 0 aliphatic heterocycles. The van der Waals surface area contributed by atoms with Gasteiger partial charge in [0, 0.05) is 34.9 Å². The molecule has 5 nitrogen and oxygen atoms in total. The first-order valence-electron chi connectivity index (χ1n) is 12.3. The van der Waals surface area contributed by atoms with Crippen molar-refractivity contribution in [3.8, 4) is 0 Å². The van der Waals surface area contributed by atoms with Crippen molar-refractivity contribution in [3.63, 3.8) is 0 Å². The third kappa shape index (κ3) is 4.85. The van der Waals surface area contributed by atoms with Crippen LogP contribution in [0.3, 0.4) is 0 Å². The molecule has 32 heavy (non-hydrogen) atoms. The normalized spacial score (nSPS) is 20.0. The predicted octanol–water partition coefficient (Wildman–Crippen LogP) is 6.24. The van der Waals surface area contributed by atoms with Gasteiger partial charge in [-0.1, -0.05) is 40.0 Å². The number of rotatable bonds is 5. The van der Waals surface area contributed by atoms with Crippen LogP contribution in [0.5, 0.6) is 0 Å². The molecule has 2 aromatic heterocycles. The SMILES string of the molecule is CCn1ncc(C=Nc2sc3c(c2C(=O)NC2CCCCC2)CCC(C(C)(C)C)C3)c1C. The van der Waals surface area contributed by atoms with Gasteiger partial charge in [0.25, 0.3) is 5.91 Å². The Morgan fingerprint density at radius 1 is 1.28 bits per heavy atom. The van der Waals surface area contributed by atoms with Gasteiger partial charge in [0.15, 0.2) is 0 Å². The second-order valence-electron chi connectivity index (χ2n) is 10.6. The van der Waals surface area contributed by atoms with Gasteiger partial charge in [-0.05, 0) is 62.8 Å². The maximum Gasteiger partial charge on any atom is 0.254 e. The number of thiophene rings is 1. The van der Waals surface area contributed by atoms with Crippen LogP contribution in [0, 0.1) is 18.3 Å². The molecule has 1 fully saturated rings. The molecule has 4 rings (SSSR count). The van der Waals surface area contributed by atoms with Crippen LogP contribution in [0.2, 0.25) is 0 Å². The number of aromatic nitrogens is 2. The lowest BCUT2D eigenvalue weighted by Gasteiger charge is -2.34. The first-order chi connectivity index (χ1) is 15.3. The largest absolute Gasteiger partial charge is 0.349 e. The van der Waals surface area contributed by atoms with Crippen molar-refractivity contribution in [3.05, 3.63) is 33.5 Å². The van der Waals surface area contributed by atoms with Gasteiger partial charge in [-0.2, -0.15) is 5.10 Å². The van der Waals surface area contributed by atoms with Crippen LogP contribution >= 0.6 is 11.3 Å². The zero-order chi connectivity index (χ0) is 22.9. The topological polar surface area (TPSA) is 59.3 Å². The van der Waals surface area contributed by atoms with E-state index >= 15 is 0 Å². The number of carbonyl (C=O) groups is 1. The highest BCUT2D eigenvalue weighted by atomic mass is 32.1. The molecule has 1 unspecified atom stereocenters. The first kappa shape index (κ1) is 23.2. The molecular formula is C26H38N4OS. The van der Waals surface area contributed by atoms with Gasteiger partial charge in [-0.25, -0.2) is 4.99 Å². The molecule has 1 atom stereocenters. The van der Waals surface area contributed by atoms with E-state index in [1.54, 1.807) is 11.3 Å². The summed E-state index contributed by atoms with van der Waals surface area (Å²) in [6.45, 7) is 12.0. The lowest BCUT2D eigenvalue weighted by Crippen LogP contribution is -2.36. The maximum absolute atomic E-state index is 13.5. The summed E-state index contributed by atoms with van der Waals surface area (Å²) in [5.74, 6) is 0.724. The van der Waals surface area contributed by atoms with Crippen LogP contribution in [0.4, 0.5) is 5.00 Å². The molecule has 174 valence electrons. The van der Waals surface area contributed by atoms with Crippen LogP contribution in [0.1, 0.15) is 98.3 Å². The fourth-order valence-electron chi connectivity index (χ4n) is 5.17. The average Bonchev–Trinajstić information content (AvgIpc) is 3.31. The Bertz CT molecular complexity index is 988. The number of amides is 1. The molecular weight excluding hydrogens is 416 g/mol. The fourth-order valence-corrected chi connectivity index (χ4v) is 6.44. The molecule has 0 spiro atoms. The van der Waals surface area contributed by atoms with Gasteiger partial charge in [0.05, 0.1) is 11.8 Å². The Labute approximate surface area is 196 Å². The lowest BCUT2D eigenvalue weighted by molar-refractivity contribution is 0.0927. The Hall–Kier alpha value is -1.95. The Balaban J connectivity index is 1.66. The molecule has 2 aromatic rings. The number of aliphatic imine (C=N–C) groups is 1. The number of aryl methyl sites for hydroxylation is 1. The highest BCUT2D eigenvalue weighted by Crippen LogP contribution is 2.45. The fraction of sp³-hybridized carbons (Fsp3) is 0.654. The summed E-state index contributed by atoms with van der Waals surface area (Å²) >= 11 is 1.72. The Morgan fingerprint density at radius 3 is 2.69 bits per heavy atom. The molecule has 0 aromatic carbocycles. The zero-order valence-corrected chi connectivity index (χ0v) is 21.1. The molecule has 0 bridgehead atoms. The predicted molar refractivity (Wildman–Crippen MR) is 134 cm³/mol. The van der Waals surface area contributed by atoms with Crippen molar-refractivity contribution >= 4 is 28.5 Å². The van der Waals surface area contributed by atoms with Crippen LogP contribution in [0.15, 0.2) is 11.2 Å². The summed E-state index contributed by atoms with van der Waals surface area (Å²) in [5, 5.41) is 8.65. The molecule has 1 N–H and O–H groups in total. The summed E-state index contributed by atoms with van der Waals surface area (Å²) < 4.78 is 1.98. The molecule has 2 aliphatic carbocycles. The Kier molecular flexibility index (Phi) is 6.89. The third-order valence-electron chi connectivity index (χ3n) is 7.40. The van der Waals surface area contributed by atoms with Gasteiger partial charge < -0.3 is 5.32 Å². The highest BCUT2D eigenvalue weighted by Gasteiger charge is 2.34. The minimum absolute atomic E-state index is 0.0803. The van der Waals surface area contributed by atoms with Crippen LogP contribution < -0.4 is 5.32 Å². The van der Waals surface area contributed by atoms with Gasteiger partial charge in [-0.3, -0.25) is 9.48 Å². The monoisotopic (exact) mass is 454 g/mol. The summed E-state index contributed by atoms with van der Waals surface area (Å²) in [4.78, 5) is 19.7. The van der Waals surface area contributed by atoms with E-state index in [9.17, 15) is 4.79 Å². The van der Waals surface area contributed by atoms with E-state index in [1.807, 2.05) is 17.1 Å². The minimum Gasteiger partial charge on any atom is -0.349 e. The lowest BCUT2D eigenvalue weighted by atomic mass is 9.72. The van der Waals surface area contributed by atoms with Crippen LogP contribution in [-0.4, -0.2) is 27.9 Å². The minimum atomic E-state index is 0.0803. The van der Waals surface area contributed by atoms with Gasteiger partial charge in [-0.15, -0.1) is 11.3 Å². The van der Waals surface area contributed by atoms with Crippen LogP contribution in [-0.2, 0) is 19.4 Å². The molecule has 6 heteroatoms. The number of hydrogen-bond donors (Lipinski definition) is 1.